The number of benzene rings is 1. The van der Waals surface area contributed by atoms with Gasteiger partial charge in [-0.25, -0.2) is 0 Å². The lowest BCUT2D eigenvalue weighted by Gasteiger charge is -1.99. The SMILES string of the molecule is CC(C)CC(=O)c1cc2c(Br)cccc2o1. The zero-order valence-corrected chi connectivity index (χ0v) is 10.9. The zero-order valence-electron chi connectivity index (χ0n) is 9.29. The molecule has 0 aliphatic rings. The van der Waals surface area contributed by atoms with Crippen molar-refractivity contribution in [2.24, 2.45) is 5.92 Å². The Balaban J connectivity index is 2.40. The van der Waals surface area contributed by atoms with Gasteiger partial charge in [-0.15, -0.1) is 0 Å². The van der Waals surface area contributed by atoms with E-state index < -0.39 is 0 Å². The third-order valence-corrected chi connectivity index (χ3v) is 3.07. The van der Waals surface area contributed by atoms with Crippen LogP contribution in [0.3, 0.4) is 0 Å². The Bertz CT molecular complexity index is 526. The minimum atomic E-state index is 0.0677. The third-order valence-electron chi connectivity index (χ3n) is 2.38. The fourth-order valence-corrected chi connectivity index (χ4v) is 2.10. The lowest BCUT2D eigenvalue weighted by Crippen LogP contribution is -2.01. The molecule has 0 unspecified atom stereocenters. The van der Waals surface area contributed by atoms with Gasteiger partial charge in [0.1, 0.15) is 5.58 Å². The summed E-state index contributed by atoms with van der Waals surface area (Å²) in [6, 6.07) is 7.51. The maximum atomic E-state index is 11.8. The molecule has 16 heavy (non-hydrogen) atoms. The van der Waals surface area contributed by atoms with Crippen LogP contribution in [0.5, 0.6) is 0 Å². The number of ketones is 1. The Kier molecular flexibility index (Phi) is 3.15. The summed E-state index contributed by atoms with van der Waals surface area (Å²) in [5.41, 5.74) is 0.751. The molecule has 0 N–H and O–H groups in total. The minimum absolute atomic E-state index is 0.0677. The maximum absolute atomic E-state index is 11.8. The highest BCUT2D eigenvalue weighted by atomic mass is 79.9. The fraction of sp³-hybridized carbons (Fsp3) is 0.308. The van der Waals surface area contributed by atoms with Crippen molar-refractivity contribution in [1.29, 1.82) is 0 Å². The van der Waals surface area contributed by atoms with Crippen molar-refractivity contribution in [3.05, 3.63) is 34.5 Å². The molecule has 2 nitrogen and oxygen atoms in total. The molecule has 0 aliphatic heterocycles. The average Bonchev–Trinajstić information content (AvgIpc) is 2.61. The highest BCUT2D eigenvalue weighted by Gasteiger charge is 2.14. The lowest BCUT2D eigenvalue weighted by molar-refractivity contribution is 0.0943. The summed E-state index contributed by atoms with van der Waals surface area (Å²) in [7, 11) is 0. The summed E-state index contributed by atoms with van der Waals surface area (Å²) in [5.74, 6) is 0.873. The summed E-state index contributed by atoms with van der Waals surface area (Å²) in [6.07, 6.45) is 0.525. The van der Waals surface area contributed by atoms with E-state index >= 15 is 0 Å². The van der Waals surface area contributed by atoms with Crippen LogP contribution < -0.4 is 0 Å². The van der Waals surface area contributed by atoms with Crippen molar-refractivity contribution in [3.63, 3.8) is 0 Å². The molecule has 0 radical (unpaired) electrons. The topological polar surface area (TPSA) is 30.2 Å². The van der Waals surface area contributed by atoms with Crippen molar-refractivity contribution in [2.75, 3.05) is 0 Å². The van der Waals surface area contributed by atoms with E-state index in [1.807, 2.05) is 38.1 Å². The van der Waals surface area contributed by atoms with Crippen LogP contribution in [0.15, 0.2) is 33.2 Å². The highest BCUT2D eigenvalue weighted by molar-refractivity contribution is 9.10. The molecule has 0 bridgehead atoms. The smallest absolute Gasteiger partial charge is 0.198 e. The number of fused-ring (bicyclic) bond motifs is 1. The first kappa shape index (κ1) is 11.4. The predicted molar refractivity (Wildman–Crippen MR) is 67.7 cm³/mol. The van der Waals surface area contributed by atoms with Crippen molar-refractivity contribution in [3.8, 4) is 0 Å². The van der Waals surface area contributed by atoms with Gasteiger partial charge in [-0.2, -0.15) is 0 Å². The van der Waals surface area contributed by atoms with Gasteiger partial charge in [0, 0.05) is 16.3 Å². The van der Waals surface area contributed by atoms with E-state index in [2.05, 4.69) is 15.9 Å². The Morgan fingerprint density at radius 2 is 2.19 bits per heavy atom. The molecule has 0 aliphatic carbocycles. The van der Waals surface area contributed by atoms with Crippen LogP contribution in [-0.2, 0) is 0 Å². The van der Waals surface area contributed by atoms with Crippen molar-refractivity contribution >= 4 is 32.7 Å². The summed E-state index contributed by atoms with van der Waals surface area (Å²) >= 11 is 3.44. The quantitative estimate of drug-likeness (QED) is 0.779. The predicted octanol–water partition coefficient (Wildman–Crippen LogP) is 4.42. The summed E-state index contributed by atoms with van der Waals surface area (Å²) in [4.78, 5) is 11.8. The fourth-order valence-electron chi connectivity index (χ4n) is 1.63. The molecular formula is C13H13BrO2. The molecule has 1 aromatic heterocycles. The molecule has 3 heteroatoms. The number of Topliss-reactive ketones (excluding diaryl/α,β-unsaturated/α-hetero) is 1. The van der Waals surface area contributed by atoms with Gasteiger partial charge in [0.2, 0.25) is 0 Å². The standard InChI is InChI=1S/C13H13BrO2/c1-8(2)6-11(15)13-7-9-10(14)4-3-5-12(9)16-13/h3-5,7-8H,6H2,1-2H3. The highest BCUT2D eigenvalue weighted by Crippen LogP contribution is 2.27. The van der Waals surface area contributed by atoms with Crippen LogP contribution >= 0.6 is 15.9 Å². The van der Waals surface area contributed by atoms with E-state index in [-0.39, 0.29) is 5.78 Å². The number of hydrogen-bond acceptors (Lipinski definition) is 2. The molecule has 0 atom stereocenters. The number of rotatable bonds is 3. The number of furan rings is 1. The van der Waals surface area contributed by atoms with Crippen LogP contribution in [0.4, 0.5) is 0 Å². The Morgan fingerprint density at radius 3 is 2.81 bits per heavy atom. The monoisotopic (exact) mass is 280 g/mol. The largest absolute Gasteiger partial charge is 0.453 e. The van der Waals surface area contributed by atoms with E-state index in [4.69, 9.17) is 4.42 Å². The Hall–Kier alpha value is -1.09. The lowest BCUT2D eigenvalue weighted by atomic mass is 10.1. The van der Waals surface area contributed by atoms with E-state index in [0.717, 1.165) is 15.4 Å². The summed E-state index contributed by atoms with van der Waals surface area (Å²) in [5, 5.41) is 0.953. The molecule has 0 saturated heterocycles. The van der Waals surface area contributed by atoms with Crippen LogP contribution in [0, 0.1) is 5.92 Å². The van der Waals surface area contributed by atoms with Crippen molar-refractivity contribution < 1.29 is 9.21 Å². The Morgan fingerprint density at radius 1 is 1.44 bits per heavy atom. The summed E-state index contributed by atoms with van der Waals surface area (Å²) in [6.45, 7) is 4.05. The van der Waals surface area contributed by atoms with E-state index in [1.165, 1.54) is 0 Å². The van der Waals surface area contributed by atoms with Crippen molar-refractivity contribution in [2.45, 2.75) is 20.3 Å². The molecule has 0 spiro atoms. The van der Waals surface area contributed by atoms with Crippen LogP contribution in [0.1, 0.15) is 30.8 Å². The first-order valence-corrected chi connectivity index (χ1v) is 6.08. The second-order valence-corrected chi connectivity index (χ2v) is 5.14. The van der Waals surface area contributed by atoms with E-state index in [9.17, 15) is 4.79 Å². The van der Waals surface area contributed by atoms with Crippen LogP contribution in [0.25, 0.3) is 11.0 Å². The van der Waals surface area contributed by atoms with Crippen LogP contribution in [0.2, 0.25) is 0 Å². The third kappa shape index (κ3) is 2.19. The molecule has 2 rings (SSSR count). The van der Waals surface area contributed by atoms with E-state index in [1.54, 1.807) is 0 Å². The van der Waals surface area contributed by atoms with Crippen LogP contribution in [-0.4, -0.2) is 5.78 Å². The first-order valence-electron chi connectivity index (χ1n) is 5.29. The van der Waals surface area contributed by atoms with Crippen molar-refractivity contribution in [1.82, 2.24) is 0 Å². The molecule has 0 fully saturated rings. The molecule has 1 aromatic carbocycles. The second kappa shape index (κ2) is 4.42. The number of hydrogen-bond donors (Lipinski definition) is 0. The summed E-state index contributed by atoms with van der Waals surface area (Å²) < 4.78 is 6.49. The number of carbonyl (C=O) groups excluding carboxylic acids is 1. The van der Waals surface area contributed by atoms with Gasteiger partial charge in [-0.3, -0.25) is 4.79 Å². The molecule has 84 valence electrons. The zero-order chi connectivity index (χ0) is 11.7. The normalized spacial score (nSPS) is 11.2. The van der Waals surface area contributed by atoms with Gasteiger partial charge >= 0.3 is 0 Å². The van der Waals surface area contributed by atoms with Gasteiger partial charge in [0.15, 0.2) is 11.5 Å². The Labute approximate surface area is 103 Å². The molecule has 0 saturated carbocycles. The van der Waals surface area contributed by atoms with Gasteiger partial charge in [0.25, 0.3) is 0 Å². The second-order valence-electron chi connectivity index (χ2n) is 4.28. The average molecular weight is 281 g/mol. The maximum Gasteiger partial charge on any atom is 0.198 e. The van der Waals surface area contributed by atoms with Gasteiger partial charge < -0.3 is 4.42 Å². The van der Waals surface area contributed by atoms with Gasteiger partial charge in [-0.05, 0) is 24.1 Å². The van der Waals surface area contributed by atoms with Gasteiger partial charge in [-0.1, -0.05) is 35.8 Å². The van der Waals surface area contributed by atoms with Gasteiger partial charge in [0.05, 0.1) is 0 Å². The van der Waals surface area contributed by atoms with E-state index in [0.29, 0.717) is 18.1 Å². The minimum Gasteiger partial charge on any atom is -0.453 e. The number of halogens is 1. The molecule has 1 heterocycles. The molecule has 2 aromatic rings. The number of carbonyl (C=O) groups is 1. The molecule has 0 amide bonds. The first-order chi connectivity index (χ1) is 7.58. The molecular weight excluding hydrogens is 268 g/mol.